The molecule has 0 saturated heterocycles. The van der Waals surface area contributed by atoms with Crippen molar-refractivity contribution in [3.63, 3.8) is 0 Å². The first-order valence-corrected chi connectivity index (χ1v) is 6.11. The summed E-state index contributed by atoms with van der Waals surface area (Å²) in [6, 6.07) is 11.6. The fraction of sp³-hybridized carbons (Fsp3) is 0.0769. The molecule has 0 fully saturated rings. The van der Waals surface area contributed by atoms with Crippen LogP contribution in [0.5, 0.6) is 0 Å². The van der Waals surface area contributed by atoms with Crippen molar-refractivity contribution in [2.24, 2.45) is 0 Å². The van der Waals surface area contributed by atoms with Gasteiger partial charge in [0.2, 0.25) is 6.20 Å². The maximum atomic E-state index is 10.2. The Bertz CT molecular complexity index is 572. The smallest absolute Gasteiger partial charge is 0.238 e. The van der Waals surface area contributed by atoms with Crippen molar-refractivity contribution in [3.8, 4) is 0 Å². The number of hydrogen-bond donors (Lipinski definition) is 0. The molecule has 2 rings (SSSR count). The highest BCUT2D eigenvalue weighted by Gasteiger charge is 2.03. The van der Waals surface area contributed by atoms with Crippen molar-refractivity contribution in [1.29, 1.82) is 0 Å². The lowest BCUT2D eigenvalue weighted by atomic mass is 10.2. The highest BCUT2D eigenvalue weighted by molar-refractivity contribution is 7.99. The standard InChI is InChI=1S/C13H11NO3S/c1-10-2-5-12(6-3-10)18-13-7-4-11(17-13)8-9-14(15)16/h2-9H,1H3. The summed E-state index contributed by atoms with van der Waals surface area (Å²) in [6.45, 7) is 2.03. The van der Waals surface area contributed by atoms with Gasteiger partial charge in [-0.15, -0.1) is 0 Å². The Morgan fingerprint density at radius 3 is 2.61 bits per heavy atom. The van der Waals surface area contributed by atoms with Crippen LogP contribution in [0.25, 0.3) is 6.08 Å². The Balaban J connectivity index is 2.06. The molecule has 18 heavy (non-hydrogen) atoms. The summed E-state index contributed by atoms with van der Waals surface area (Å²) in [5.41, 5.74) is 1.20. The number of nitrogens with zero attached hydrogens (tertiary/aromatic N) is 1. The van der Waals surface area contributed by atoms with E-state index in [2.05, 4.69) is 0 Å². The van der Waals surface area contributed by atoms with Crippen LogP contribution in [0.4, 0.5) is 0 Å². The molecular weight excluding hydrogens is 250 g/mol. The number of aryl methyl sites for hydroxylation is 1. The second-order valence-corrected chi connectivity index (χ2v) is 4.75. The first-order valence-electron chi connectivity index (χ1n) is 5.29. The molecule has 0 aliphatic carbocycles. The molecule has 0 radical (unpaired) electrons. The van der Waals surface area contributed by atoms with E-state index in [0.29, 0.717) is 10.9 Å². The second-order valence-electron chi connectivity index (χ2n) is 3.67. The van der Waals surface area contributed by atoms with Crippen molar-refractivity contribution in [2.75, 3.05) is 0 Å². The minimum Gasteiger partial charge on any atom is -0.450 e. The minimum absolute atomic E-state index is 0.473. The Morgan fingerprint density at radius 1 is 1.22 bits per heavy atom. The van der Waals surface area contributed by atoms with Crippen LogP contribution in [0.15, 0.2) is 57.0 Å². The summed E-state index contributed by atoms with van der Waals surface area (Å²) in [4.78, 5) is 10.7. The summed E-state index contributed by atoms with van der Waals surface area (Å²) in [5.74, 6) is 0.473. The van der Waals surface area contributed by atoms with Crippen LogP contribution in [0.1, 0.15) is 11.3 Å². The zero-order valence-electron chi connectivity index (χ0n) is 9.70. The van der Waals surface area contributed by atoms with E-state index in [1.165, 1.54) is 23.4 Å². The Labute approximate surface area is 108 Å². The van der Waals surface area contributed by atoms with Crippen LogP contribution >= 0.6 is 11.8 Å². The van der Waals surface area contributed by atoms with Gasteiger partial charge in [0.05, 0.1) is 11.0 Å². The predicted molar refractivity (Wildman–Crippen MR) is 70.0 cm³/mol. The average molecular weight is 261 g/mol. The number of rotatable bonds is 4. The van der Waals surface area contributed by atoms with E-state index in [0.717, 1.165) is 11.1 Å². The van der Waals surface area contributed by atoms with E-state index in [4.69, 9.17) is 4.42 Å². The van der Waals surface area contributed by atoms with Gasteiger partial charge in [-0.3, -0.25) is 10.1 Å². The molecule has 5 heteroatoms. The van der Waals surface area contributed by atoms with E-state index in [1.807, 2.05) is 31.2 Å². The molecule has 0 unspecified atom stereocenters. The number of nitro groups is 1. The molecule has 92 valence electrons. The summed E-state index contributed by atoms with van der Waals surface area (Å²) in [7, 11) is 0. The summed E-state index contributed by atoms with van der Waals surface area (Å²) < 4.78 is 5.44. The largest absolute Gasteiger partial charge is 0.450 e. The normalized spacial score (nSPS) is 10.9. The van der Waals surface area contributed by atoms with Crippen molar-refractivity contribution in [1.82, 2.24) is 0 Å². The summed E-state index contributed by atoms with van der Waals surface area (Å²) >= 11 is 1.48. The fourth-order valence-electron chi connectivity index (χ4n) is 1.34. The van der Waals surface area contributed by atoms with E-state index in [-0.39, 0.29) is 0 Å². The van der Waals surface area contributed by atoms with Crippen molar-refractivity contribution < 1.29 is 9.34 Å². The van der Waals surface area contributed by atoms with Gasteiger partial charge in [-0.2, -0.15) is 0 Å². The third-order valence-corrected chi connectivity index (χ3v) is 3.13. The topological polar surface area (TPSA) is 56.3 Å². The van der Waals surface area contributed by atoms with Crippen LogP contribution in [-0.4, -0.2) is 4.92 Å². The summed E-state index contributed by atoms with van der Waals surface area (Å²) in [6.07, 6.45) is 2.19. The molecule has 0 bridgehead atoms. The van der Waals surface area contributed by atoms with Gasteiger partial charge in [0.15, 0.2) is 5.09 Å². The van der Waals surface area contributed by atoms with Crippen LogP contribution in [0.2, 0.25) is 0 Å². The predicted octanol–water partition coefficient (Wildman–Crippen LogP) is 3.99. The van der Waals surface area contributed by atoms with Crippen LogP contribution < -0.4 is 0 Å². The van der Waals surface area contributed by atoms with Gasteiger partial charge in [0.1, 0.15) is 5.76 Å². The van der Waals surface area contributed by atoms with E-state index < -0.39 is 4.92 Å². The second kappa shape index (κ2) is 5.55. The van der Waals surface area contributed by atoms with Crippen LogP contribution in [0.3, 0.4) is 0 Å². The van der Waals surface area contributed by atoms with Gasteiger partial charge in [0.25, 0.3) is 0 Å². The molecule has 0 aliphatic heterocycles. The molecule has 0 amide bonds. The quantitative estimate of drug-likeness (QED) is 0.617. The molecule has 2 aromatic rings. The maximum absolute atomic E-state index is 10.2. The van der Waals surface area contributed by atoms with Gasteiger partial charge in [0, 0.05) is 4.90 Å². The molecule has 0 aliphatic rings. The molecule has 0 N–H and O–H groups in total. The zero-order chi connectivity index (χ0) is 13.0. The van der Waals surface area contributed by atoms with Gasteiger partial charge in [-0.05, 0) is 31.2 Å². The zero-order valence-corrected chi connectivity index (χ0v) is 10.5. The molecule has 0 atom stereocenters. The molecule has 0 spiro atoms. The van der Waals surface area contributed by atoms with E-state index in [9.17, 15) is 10.1 Å². The minimum atomic E-state index is -0.519. The lowest BCUT2D eigenvalue weighted by Gasteiger charge is -1.98. The van der Waals surface area contributed by atoms with E-state index in [1.54, 1.807) is 12.1 Å². The van der Waals surface area contributed by atoms with Gasteiger partial charge in [-0.25, -0.2) is 0 Å². The number of furan rings is 1. The number of hydrogen-bond acceptors (Lipinski definition) is 4. The van der Waals surface area contributed by atoms with Crippen molar-refractivity contribution in [2.45, 2.75) is 16.9 Å². The Hall–Kier alpha value is -2.01. The third-order valence-electron chi connectivity index (χ3n) is 2.20. The lowest BCUT2D eigenvalue weighted by molar-refractivity contribution is -0.401. The number of benzene rings is 1. The highest BCUT2D eigenvalue weighted by Crippen LogP contribution is 2.29. The lowest BCUT2D eigenvalue weighted by Crippen LogP contribution is -1.80. The molecule has 0 saturated carbocycles. The summed E-state index contributed by atoms with van der Waals surface area (Å²) in [5, 5.41) is 10.9. The fourth-order valence-corrected chi connectivity index (χ4v) is 2.11. The molecule has 4 nitrogen and oxygen atoms in total. The highest BCUT2D eigenvalue weighted by atomic mass is 32.2. The molecular formula is C13H11NO3S. The van der Waals surface area contributed by atoms with Gasteiger partial charge >= 0.3 is 0 Å². The van der Waals surface area contributed by atoms with Crippen LogP contribution in [-0.2, 0) is 0 Å². The third kappa shape index (κ3) is 3.49. The van der Waals surface area contributed by atoms with Crippen LogP contribution in [0, 0.1) is 17.0 Å². The van der Waals surface area contributed by atoms with Crippen molar-refractivity contribution in [3.05, 3.63) is 64.0 Å². The molecule has 1 aromatic carbocycles. The monoisotopic (exact) mass is 261 g/mol. The Morgan fingerprint density at radius 2 is 1.94 bits per heavy atom. The maximum Gasteiger partial charge on any atom is 0.238 e. The van der Waals surface area contributed by atoms with E-state index >= 15 is 0 Å². The molecule has 1 aromatic heterocycles. The first-order chi connectivity index (χ1) is 8.63. The van der Waals surface area contributed by atoms with Gasteiger partial charge in [-0.1, -0.05) is 29.5 Å². The van der Waals surface area contributed by atoms with Crippen molar-refractivity contribution >= 4 is 17.8 Å². The first kappa shape index (κ1) is 12.4. The average Bonchev–Trinajstić information content (AvgIpc) is 2.77. The van der Waals surface area contributed by atoms with Gasteiger partial charge < -0.3 is 4.42 Å². The SMILES string of the molecule is Cc1ccc(Sc2ccc(C=C[N+](=O)[O-])o2)cc1. The Kier molecular flexibility index (Phi) is 3.84. The molecule has 1 heterocycles.